The minimum atomic E-state index is -0.953. The van der Waals surface area contributed by atoms with Crippen molar-refractivity contribution < 1.29 is 23.9 Å². The minimum Gasteiger partial charge on any atom is -0.469 e. The SMILES string of the molecule is COC(=O)C[C@H](NC(=O)C1CC1)C(=O)OC. The van der Waals surface area contributed by atoms with E-state index in [0.29, 0.717) is 0 Å². The molecule has 0 saturated heterocycles. The standard InChI is InChI=1S/C10H15NO5/c1-15-8(12)5-7(10(14)16-2)11-9(13)6-3-4-6/h6-7H,3-5H2,1-2H3,(H,11,13)/t7-/m0/s1. The number of rotatable bonds is 5. The number of carbonyl (C=O) groups excluding carboxylic acids is 3. The van der Waals surface area contributed by atoms with Crippen LogP contribution in [0.4, 0.5) is 0 Å². The van der Waals surface area contributed by atoms with E-state index in [2.05, 4.69) is 14.8 Å². The summed E-state index contributed by atoms with van der Waals surface area (Å²) in [5.74, 6) is -1.44. The van der Waals surface area contributed by atoms with E-state index in [1.807, 2.05) is 0 Å². The zero-order valence-corrected chi connectivity index (χ0v) is 9.32. The van der Waals surface area contributed by atoms with Crippen molar-refractivity contribution in [3.8, 4) is 0 Å². The van der Waals surface area contributed by atoms with E-state index in [1.165, 1.54) is 14.2 Å². The summed E-state index contributed by atoms with van der Waals surface area (Å²) in [6, 6.07) is -0.953. The van der Waals surface area contributed by atoms with Gasteiger partial charge in [-0.15, -0.1) is 0 Å². The van der Waals surface area contributed by atoms with Crippen molar-refractivity contribution >= 4 is 17.8 Å². The molecule has 0 aliphatic heterocycles. The van der Waals surface area contributed by atoms with Crippen LogP contribution in [0.25, 0.3) is 0 Å². The number of methoxy groups -OCH3 is 2. The molecule has 0 spiro atoms. The second kappa shape index (κ2) is 5.48. The van der Waals surface area contributed by atoms with E-state index >= 15 is 0 Å². The zero-order valence-electron chi connectivity index (χ0n) is 9.32. The summed E-state index contributed by atoms with van der Waals surface area (Å²) < 4.78 is 8.93. The number of carbonyl (C=O) groups is 3. The maximum atomic E-state index is 11.4. The lowest BCUT2D eigenvalue weighted by Gasteiger charge is -2.14. The van der Waals surface area contributed by atoms with Crippen molar-refractivity contribution in [2.24, 2.45) is 5.92 Å². The van der Waals surface area contributed by atoms with Crippen LogP contribution in [0, 0.1) is 5.92 Å². The van der Waals surface area contributed by atoms with Crippen LogP contribution in [0.1, 0.15) is 19.3 Å². The van der Waals surface area contributed by atoms with E-state index in [4.69, 9.17) is 0 Å². The summed E-state index contributed by atoms with van der Waals surface area (Å²) in [5.41, 5.74) is 0. The van der Waals surface area contributed by atoms with Gasteiger partial charge in [0, 0.05) is 5.92 Å². The summed E-state index contributed by atoms with van der Waals surface area (Å²) in [6.07, 6.45) is 1.46. The summed E-state index contributed by atoms with van der Waals surface area (Å²) in [5, 5.41) is 2.48. The molecule has 1 aliphatic carbocycles. The van der Waals surface area contributed by atoms with Gasteiger partial charge in [-0.1, -0.05) is 0 Å². The van der Waals surface area contributed by atoms with Gasteiger partial charge in [-0.25, -0.2) is 4.79 Å². The topological polar surface area (TPSA) is 81.7 Å². The fourth-order valence-corrected chi connectivity index (χ4v) is 1.22. The van der Waals surface area contributed by atoms with Gasteiger partial charge in [0.15, 0.2) is 0 Å². The molecule has 1 N–H and O–H groups in total. The van der Waals surface area contributed by atoms with Gasteiger partial charge < -0.3 is 14.8 Å². The molecule has 1 saturated carbocycles. The molecular weight excluding hydrogens is 214 g/mol. The van der Waals surface area contributed by atoms with E-state index in [-0.39, 0.29) is 18.2 Å². The second-order valence-corrected chi connectivity index (χ2v) is 3.64. The molecular formula is C10H15NO5. The number of hydrogen-bond donors (Lipinski definition) is 1. The Balaban J connectivity index is 2.51. The van der Waals surface area contributed by atoms with Crippen molar-refractivity contribution in [1.29, 1.82) is 0 Å². The fraction of sp³-hybridized carbons (Fsp3) is 0.700. The van der Waals surface area contributed by atoms with E-state index in [9.17, 15) is 14.4 Å². The van der Waals surface area contributed by atoms with E-state index in [1.54, 1.807) is 0 Å². The molecule has 1 fully saturated rings. The summed E-state index contributed by atoms with van der Waals surface area (Å²) in [4.78, 5) is 33.8. The third kappa shape index (κ3) is 3.52. The molecule has 0 bridgehead atoms. The Morgan fingerprint density at radius 2 is 1.88 bits per heavy atom. The Hall–Kier alpha value is -1.59. The largest absolute Gasteiger partial charge is 0.469 e. The van der Waals surface area contributed by atoms with E-state index in [0.717, 1.165) is 12.8 Å². The summed E-state index contributed by atoms with van der Waals surface area (Å²) >= 11 is 0. The molecule has 0 aromatic rings. The highest BCUT2D eigenvalue weighted by Gasteiger charge is 2.33. The van der Waals surface area contributed by atoms with Gasteiger partial charge in [0.05, 0.1) is 20.6 Å². The number of nitrogens with one attached hydrogen (secondary N) is 1. The smallest absolute Gasteiger partial charge is 0.328 e. The lowest BCUT2D eigenvalue weighted by Crippen LogP contribution is -2.43. The number of amides is 1. The molecule has 1 amide bonds. The first kappa shape index (κ1) is 12.5. The average Bonchev–Trinajstić information content (AvgIpc) is 3.10. The fourth-order valence-electron chi connectivity index (χ4n) is 1.22. The highest BCUT2D eigenvalue weighted by Crippen LogP contribution is 2.29. The van der Waals surface area contributed by atoms with Crippen molar-refractivity contribution in [1.82, 2.24) is 5.32 Å². The number of hydrogen-bond acceptors (Lipinski definition) is 5. The zero-order chi connectivity index (χ0) is 12.1. The van der Waals surface area contributed by atoms with Crippen LogP contribution in [0.3, 0.4) is 0 Å². The third-order valence-electron chi connectivity index (χ3n) is 2.35. The number of esters is 2. The van der Waals surface area contributed by atoms with Gasteiger partial charge in [0.1, 0.15) is 6.04 Å². The molecule has 0 heterocycles. The molecule has 6 heteroatoms. The quantitative estimate of drug-likeness (QED) is 0.650. The first-order valence-electron chi connectivity index (χ1n) is 5.03. The van der Waals surface area contributed by atoms with Crippen LogP contribution >= 0.6 is 0 Å². The molecule has 6 nitrogen and oxygen atoms in total. The van der Waals surface area contributed by atoms with Crippen LogP contribution in [-0.4, -0.2) is 38.1 Å². The Kier molecular flexibility index (Phi) is 4.28. The van der Waals surface area contributed by atoms with Crippen molar-refractivity contribution in [2.75, 3.05) is 14.2 Å². The first-order valence-corrected chi connectivity index (χ1v) is 5.03. The maximum absolute atomic E-state index is 11.4. The van der Waals surface area contributed by atoms with Gasteiger partial charge in [-0.05, 0) is 12.8 Å². The Labute approximate surface area is 93.3 Å². The van der Waals surface area contributed by atoms with E-state index < -0.39 is 18.0 Å². The van der Waals surface area contributed by atoms with Gasteiger partial charge in [-0.2, -0.15) is 0 Å². The monoisotopic (exact) mass is 229 g/mol. The minimum absolute atomic E-state index is 0.0233. The highest BCUT2D eigenvalue weighted by molar-refractivity contribution is 5.89. The molecule has 1 atom stereocenters. The van der Waals surface area contributed by atoms with Crippen LogP contribution in [0.15, 0.2) is 0 Å². The predicted molar refractivity (Wildman–Crippen MR) is 53.3 cm³/mol. The summed E-state index contributed by atoms with van der Waals surface area (Å²) in [7, 11) is 2.43. The normalized spacial score (nSPS) is 16.1. The lowest BCUT2D eigenvalue weighted by atomic mass is 10.2. The molecule has 0 aromatic heterocycles. The molecule has 0 unspecified atom stereocenters. The van der Waals surface area contributed by atoms with Crippen LogP contribution in [0.5, 0.6) is 0 Å². The first-order chi connectivity index (χ1) is 7.58. The summed E-state index contributed by atoms with van der Waals surface area (Å²) in [6.45, 7) is 0. The van der Waals surface area contributed by atoms with Gasteiger partial charge in [0.25, 0.3) is 0 Å². The lowest BCUT2D eigenvalue weighted by molar-refractivity contribution is -0.150. The van der Waals surface area contributed by atoms with Gasteiger partial charge in [0.2, 0.25) is 5.91 Å². The maximum Gasteiger partial charge on any atom is 0.328 e. The second-order valence-electron chi connectivity index (χ2n) is 3.64. The third-order valence-corrected chi connectivity index (χ3v) is 2.35. The molecule has 1 aliphatic rings. The van der Waals surface area contributed by atoms with Gasteiger partial charge in [-0.3, -0.25) is 9.59 Å². The van der Waals surface area contributed by atoms with Crippen molar-refractivity contribution in [3.63, 3.8) is 0 Å². The Bertz CT molecular complexity index is 298. The Morgan fingerprint density at radius 3 is 2.31 bits per heavy atom. The highest BCUT2D eigenvalue weighted by atomic mass is 16.5. The predicted octanol–water partition coefficient (Wildman–Crippen LogP) is -0.383. The van der Waals surface area contributed by atoms with Gasteiger partial charge >= 0.3 is 11.9 Å². The molecule has 0 radical (unpaired) electrons. The average molecular weight is 229 g/mol. The van der Waals surface area contributed by atoms with Crippen molar-refractivity contribution in [2.45, 2.75) is 25.3 Å². The van der Waals surface area contributed by atoms with Crippen LogP contribution < -0.4 is 5.32 Å². The molecule has 16 heavy (non-hydrogen) atoms. The molecule has 90 valence electrons. The Morgan fingerprint density at radius 1 is 1.25 bits per heavy atom. The van der Waals surface area contributed by atoms with Crippen LogP contribution in [0.2, 0.25) is 0 Å². The van der Waals surface area contributed by atoms with Crippen LogP contribution in [-0.2, 0) is 23.9 Å². The molecule has 1 rings (SSSR count). The molecule has 0 aromatic carbocycles. The number of ether oxygens (including phenoxy) is 2. The van der Waals surface area contributed by atoms with Crippen molar-refractivity contribution in [3.05, 3.63) is 0 Å².